The summed E-state index contributed by atoms with van der Waals surface area (Å²) in [5.74, 6) is 0.120. The lowest BCUT2D eigenvalue weighted by atomic mass is 10.0. The van der Waals surface area contributed by atoms with Crippen LogP contribution in [0.2, 0.25) is 0 Å². The first-order valence-corrected chi connectivity index (χ1v) is 11.8. The minimum absolute atomic E-state index is 0.105. The molecule has 0 atom stereocenters. The maximum atomic E-state index is 12.4. The number of rotatable bonds is 17. The molecule has 0 heterocycles. The lowest BCUT2D eigenvalue weighted by molar-refractivity contribution is -0.128. The van der Waals surface area contributed by atoms with Crippen molar-refractivity contribution in [2.75, 3.05) is 26.3 Å². The van der Waals surface area contributed by atoms with Gasteiger partial charge >= 0.3 is 0 Å². The Morgan fingerprint density at radius 3 is 1.38 bits per heavy atom. The van der Waals surface area contributed by atoms with Crippen LogP contribution in [-0.4, -0.2) is 53.1 Å². The summed E-state index contributed by atoms with van der Waals surface area (Å²) < 4.78 is 0. The topological polar surface area (TPSA) is 77.8 Å². The van der Waals surface area contributed by atoms with Crippen molar-refractivity contribution in [3.63, 3.8) is 0 Å². The molecule has 0 saturated heterocycles. The van der Waals surface area contributed by atoms with Gasteiger partial charge in [0, 0.05) is 25.1 Å². The van der Waals surface area contributed by atoms with Gasteiger partial charge in [0.05, 0.1) is 13.2 Å². The highest BCUT2D eigenvalue weighted by atomic mass is 16.3. The zero-order valence-corrected chi connectivity index (χ0v) is 21.0. The summed E-state index contributed by atoms with van der Waals surface area (Å²) in [6.45, 7) is 10.1. The van der Waals surface area contributed by atoms with Crippen molar-refractivity contribution in [1.82, 2.24) is 4.90 Å². The molecule has 32 heavy (non-hydrogen) atoms. The second kappa shape index (κ2) is 18.6. The van der Waals surface area contributed by atoms with E-state index < -0.39 is 0 Å². The number of nitrogens with zero attached hydrogens (tertiary/aromatic N) is 1. The quantitative estimate of drug-likeness (QED) is 0.234. The second-order valence-corrected chi connectivity index (χ2v) is 8.63. The van der Waals surface area contributed by atoms with Gasteiger partial charge in [-0.15, -0.1) is 0 Å². The third-order valence-corrected chi connectivity index (χ3v) is 5.41. The number of carbonyl (C=O) groups excluding carboxylic acids is 2. The van der Waals surface area contributed by atoms with Crippen LogP contribution < -0.4 is 0 Å². The Labute approximate surface area is 195 Å². The van der Waals surface area contributed by atoms with Gasteiger partial charge in [-0.3, -0.25) is 4.79 Å². The second-order valence-electron chi connectivity index (χ2n) is 8.63. The number of aliphatic hydroxyl groups is 2. The number of aliphatic hydroxyl groups excluding tert-OH is 2. The van der Waals surface area contributed by atoms with Gasteiger partial charge in [0.15, 0.2) is 0 Å². The minimum atomic E-state index is -0.126. The van der Waals surface area contributed by atoms with Gasteiger partial charge in [0.1, 0.15) is 5.78 Å². The molecule has 182 valence electrons. The number of hydrogen-bond donors (Lipinski definition) is 2. The molecule has 0 radical (unpaired) electrons. The van der Waals surface area contributed by atoms with E-state index in [0.29, 0.717) is 12.0 Å². The van der Waals surface area contributed by atoms with Crippen molar-refractivity contribution in [2.45, 2.75) is 86.0 Å². The number of hydrogen-bond acceptors (Lipinski definition) is 4. The first-order chi connectivity index (χ1) is 15.2. The van der Waals surface area contributed by atoms with Crippen LogP contribution in [0.25, 0.3) is 0 Å². The van der Waals surface area contributed by atoms with Crippen LogP contribution in [0.1, 0.15) is 86.0 Å². The van der Waals surface area contributed by atoms with Gasteiger partial charge < -0.3 is 19.9 Å². The Hall–Kier alpha value is -1.98. The van der Waals surface area contributed by atoms with Gasteiger partial charge in [0.2, 0.25) is 5.91 Å². The van der Waals surface area contributed by atoms with E-state index in [1.54, 1.807) is 13.8 Å². The monoisotopic (exact) mass is 447 g/mol. The Morgan fingerprint density at radius 2 is 1.00 bits per heavy atom. The van der Waals surface area contributed by atoms with Gasteiger partial charge in [-0.1, -0.05) is 41.0 Å². The van der Waals surface area contributed by atoms with Gasteiger partial charge in [-0.2, -0.15) is 0 Å². The number of amides is 1. The molecule has 0 rings (SSSR count). The zero-order valence-electron chi connectivity index (χ0n) is 21.0. The highest BCUT2D eigenvalue weighted by Crippen LogP contribution is 2.14. The molecule has 0 aliphatic carbocycles. The summed E-state index contributed by atoms with van der Waals surface area (Å²) in [6.07, 6.45) is 16.1. The van der Waals surface area contributed by atoms with Crippen LogP contribution in [-0.2, 0) is 9.59 Å². The van der Waals surface area contributed by atoms with Gasteiger partial charge in [-0.05, 0) is 79.6 Å². The van der Waals surface area contributed by atoms with Crippen molar-refractivity contribution in [1.29, 1.82) is 0 Å². The molecule has 0 unspecified atom stereocenters. The smallest absolute Gasteiger partial charge is 0.249 e. The van der Waals surface area contributed by atoms with Crippen LogP contribution in [0.4, 0.5) is 0 Å². The number of allylic oxidation sites excluding steroid dienone is 7. The van der Waals surface area contributed by atoms with Crippen molar-refractivity contribution >= 4 is 11.7 Å². The van der Waals surface area contributed by atoms with Crippen molar-refractivity contribution in [3.05, 3.63) is 46.6 Å². The first-order valence-electron chi connectivity index (χ1n) is 11.8. The Balaban J connectivity index is 4.32. The molecule has 0 spiro atoms. The van der Waals surface area contributed by atoms with E-state index in [-0.39, 0.29) is 38.0 Å². The highest BCUT2D eigenvalue weighted by Gasteiger charge is 2.13. The molecule has 0 aromatic rings. The summed E-state index contributed by atoms with van der Waals surface area (Å²) in [5, 5.41) is 18.1. The fraction of sp³-hybridized carbons (Fsp3) is 0.630. The fourth-order valence-corrected chi connectivity index (χ4v) is 3.33. The Kier molecular flexibility index (Phi) is 17.4. The molecule has 0 bridgehead atoms. The predicted octanol–water partition coefficient (Wildman–Crippen LogP) is 5.29. The van der Waals surface area contributed by atoms with E-state index in [1.165, 1.54) is 21.6 Å². The SMILES string of the molecule is CC(=O)CCC=C(C)CCC=C(C)CCC=C(C)CCC=C(C)C(=O)N(CCO)CCO. The molecule has 0 aliphatic heterocycles. The third-order valence-electron chi connectivity index (χ3n) is 5.41. The molecule has 1 amide bonds. The number of Topliss-reactive ketones (excluding diaryl/α,β-unsaturated/α-hetero) is 1. The summed E-state index contributed by atoms with van der Waals surface area (Å²) in [4.78, 5) is 24.8. The van der Waals surface area contributed by atoms with Crippen LogP contribution >= 0.6 is 0 Å². The van der Waals surface area contributed by atoms with Crippen molar-refractivity contribution in [2.24, 2.45) is 0 Å². The largest absolute Gasteiger partial charge is 0.395 e. The van der Waals surface area contributed by atoms with E-state index in [2.05, 4.69) is 39.0 Å². The average molecular weight is 448 g/mol. The molecule has 0 aliphatic rings. The molecule has 0 aromatic carbocycles. The van der Waals surface area contributed by atoms with Crippen molar-refractivity contribution < 1.29 is 19.8 Å². The molecule has 5 nitrogen and oxygen atoms in total. The van der Waals surface area contributed by atoms with Crippen LogP contribution in [0.15, 0.2) is 46.6 Å². The van der Waals surface area contributed by atoms with Gasteiger partial charge in [-0.25, -0.2) is 0 Å². The Morgan fingerprint density at radius 1 is 0.625 bits per heavy atom. The first kappa shape index (κ1) is 30.0. The summed E-state index contributed by atoms with van der Waals surface area (Å²) >= 11 is 0. The molecule has 0 saturated carbocycles. The van der Waals surface area contributed by atoms with E-state index in [4.69, 9.17) is 10.2 Å². The zero-order chi connectivity index (χ0) is 24.4. The molecule has 2 N–H and O–H groups in total. The normalized spacial score (nSPS) is 13.5. The summed E-state index contributed by atoms with van der Waals surface area (Å²) in [6, 6.07) is 0. The molecule has 0 aromatic heterocycles. The lowest BCUT2D eigenvalue weighted by Crippen LogP contribution is -2.36. The summed E-state index contributed by atoms with van der Waals surface area (Å²) in [5.41, 5.74) is 4.73. The standard InChI is InChI=1S/C27H45NO4/c1-22(11-7-13-24(3)15-9-17-26(5)31)10-6-12-23(2)14-8-16-25(4)27(32)28(18-20-29)19-21-30/h11-12,15-16,29-30H,6-10,13-14,17-21H2,1-5H3. The fourth-order valence-electron chi connectivity index (χ4n) is 3.33. The molecule has 0 fully saturated rings. The third kappa shape index (κ3) is 15.8. The number of carbonyl (C=O) groups is 2. The predicted molar refractivity (Wildman–Crippen MR) is 133 cm³/mol. The molecule has 5 heteroatoms. The number of ketones is 1. The summed E-state index contributed by atoms with van der Waals surface area (Å²) in [7, 11) is 0. The molecular formula is C27H45NO4. The van der Waals surface area contributed by atoms with E-state index >= 15 is 0 Å². The van der Waals surface area contributed by atoms with E-state index in [1.807, 2.05) is 6.08 Å². The van der Waals surface area contributed by atoms with Crippen LogP contribution in [0.3, 0.4) is 0 Å². The van der Waals surface area contributed by atoms with Crippen molar-refractivity contribution in [3.8, 4) is 0 Å². The van der Waals surface area contributed by atoms with E-state index in [0.717, 1.165) is 44.9 Å². The Bertz CT molecular complexity index is 680. The maximum absolute atomic E-state index is 12.4. The average Bonchev–Trinajstić information content (AvgIpc) is 2.72. The van der Waals surface area contributed by atoms with Gasteiger partial charge in [0.25, 0.3) is 0 Å². The highest BCUT2D eigenvalue weighted by molar-refractivity contribution is 5.92. The van der Waals surface area contributed by atoms with E-state index in [9.17, 15) is 9.59 Å². The minimum Gasteiger partial charge on any atom is -0.395 e. The van der Waals surface area contributed by atoms with Crippen LogP contribution in [0, 0.1) is 0 Å². The lowest BCUT2D eigenvalue weighted by Gasteiger charge is -2.20. The van der Waals surface area contributed by atoms with Crippen LogP contribution in [0.5, 0.6) is 0 Å². The molecular weight excluding hydrogens is 402 g/mol. The maximum Gasteiger partial charge on any atom is 0.249 e.